The van der Waals surface area contributed by atoms with Gasteiger partial charge in [-0.1, -0.05) is 29.8 Å². The summed E-state index contributed by atoms with van der Waals surface area (Å²) in [6, 6.07) is 9.02. The summed E-state index contributed by atoms with van der Waals surface area (Å²) in [7, 11) is 1.70. The number of benzene rings is 1. The summed E-state index contributed by atoms with van der Waals surface area (Å²) in [5.74, 6) is 0.00817. The standard InChI is InChI=1S/C18H22N4O3/c1-4-22-10-9-14(20-22)19-18(24)17-16(21(3)15(23)11-25-17)13-7-5-12(2)6-8-13/h5-10,16-17H,4,11H2,1-3H3,(H,19,20,24)/t16-,17+/m1/s1. The highest BCUT2D eigenvalue weighted by atomic mass is 16.5. The number of hydrogen-bond donors (Lipinski definition) is 1. The van der Waals surface area contributed by atoms with Gasteiger partial charge in [0.2, 0.25) is 5.91 Å². The van der Waals surface area contributed by atoms with Crippen molar-refractivity contribution in [3.8, 4) is 0 Å². The predicted octanol–water partition coefficient (Wildman–Crippen LogP) is 1.75. The maximum atomic E-state index is 12.7. The number of carbonyl (C=O) groups excluding carboxylic acids is 2. The third kappa shape index (κ3) is 3.56. The van der Waals surface area contributed by atoms with E-state index in [9.17, 15) is 9.59 Å². The van der Waals surface area contributed by atoms with Crippen molar-refractivity contribution in [2.24, 2.45) is 0 Å². The molecule has 2 amide bonds. The van der Waals surface area contributed by atoms with Gasteiger partial charge in [0.1, 0.15) is 6.61 Å². The summed E-state index contributed by atoms with van der Waals surface area (Å²) < 4.78 is 7.31. The van der Waals surface area contributed by atoms with Gasteiger partial charge >= 0.3 is 0 Å². The number of nitrogens with zero attached hydrogens (tertiary/aromatic N) is 3. The van der Waals surface area contributed by atoms with Crippen molar-refractivity contribution in [1.82, 2.24) is 14.7 Å². The Kier molecular flexibility index (Phi) is 4.85. The first-order valence-corrected chi connectivity index (χ1v) is 8.27. The van der Waals surface area contributed by atoms with Gasteiger partial charge in [-0.15, -0.1) is 0 Å². The van der Waals surface area contributed by atoms with Gasteiger partial charge < -0.3 is 15.0 Å². The molecule has 0 unspecified atom stereocenters. The van der Waals surface area contributed by atoms with Crippen LogP contribution < -0.4 is 5.32 Å². The van der Waals surface area contributed by atoms with Crippen molar-refractivity contribution in [3.63, 3.8) is 0 Å². The first-order chi connectivity index (χ1) is 12.0. The molecule has 0 saturated carbocycles. The maximum Gasteiger partial charge on any atom is 0.257 e. The van der Waals surface area contributed by atoms with E-state index >= 15 is 0 Å². The van der Waals surface area contributed by atoms with Crippen molar-refractivity contribution < 1.29 is 14.3 Å². The number of aromatic nitrogens is 2. The molecule has 2 aromatic rings. The number of amides is 2. The van der Waals surface area contributed by atoms with Gasteiger partial charge in [0.05, 0.1) is 6.04 Å². The number of aryl methyl sites for hydroxylation is 2. The second-order valence-corrected chi connectivity index (χ2v) is 6.14. The lowest BCUT2D eigenvalue weighted by Gasteiger charge is -2.38. The Morgan fingerprint density at radius 2 is 2.04 bits per heavy atom. The fraction of sp³-hybridized carbons (Fsp3) is 0.389. The Morgan fingerprint density at radius 1 is 1.32 bits per heavy atom. The lowest BCUT2D eigenvalue weighted by atomic mass is 9.97. The van der Waals surface area contributed by atoms with E-state index in [0.717, 1.165) is 17.7 Å². The minimum atomic E-state index is -0.794. The molecular formula is C18H22N4O3. The predicted molar refractivity (Wildman–Crippen MR) is 93.0 cm³/mol. The molecule has 1 aromatic heterocycles. The summed E-state index contributed by atoms with van der Waals surface area (Å²) in [6.45, 7) is 4.57. The molecule has 7 nitrogen and oxygen atoms in total. The number of rotatable bonds is 4. The van der Waals surface area contributed by atoms with Gasteiger partial charge in [0.15, 0.2) is 11.9 Å². The minimum Gasteiger partial charge on any atom is -0.356 e. The van der Waals surface area contributed by atoms with Gasteiger partial charge in [-0.2, -0.15) is 5.10 Å². The Bertz CT molecular complexity index is 769. The molecule has 3 rings (SSSR count). The Morgan fingerprint density at radius 3 is 2.68 bits per heavy atom. The van der Waals surface area contributed by atoms with Crippen molar-refractivity contribution >= 4 is 17.6 Å². The van der Waals surface area contributed by atoms with Crippen LogP contribution in [0.15, 0.2) is 36.5 Å². The molecule has 132 valence electrons. The van der Waals surface area contributed by atoms with Crippen LogP contribution in [0.25, 0.3) is 0 Å². The van der Waals surface area contributed by atoms with Crippen LogP contribution in [0.5, 0.6) is 0 Å². The fourth-order valence-corrected chi connectivity index (χ4v) is 2.90. The van der Waals surface area contributed by atoms with Crippen LogP contribution in [0.2, 0.25) is 0 Å². The zero-order valence-electron chi connectivity index (χ0n) is 14.6. The lowest BCUT2D eigenvalue weighted by molar-refractivity contribution is -0.160. The van der Waals surface area contributed by atoms with Crippen molar-refractivity contribution in [2.45, 2.75) is 32.5 Å². The monoisotopic (exact) mass is 342 g/mol. The lowest BCUT2D eigenvalue weighted by Crippen LogP contribution is -2.51. The van der Waals surface area contributed by atoms with E-state index in [0.29, 0.717) is 5.82 Å². The molecule has 0 spiro atoms. The van der Waals surface area contributed by atoms with E-state index in [1.165, 1.54) is 0 Å². The Labute approximate surface area is 146 Å². The molecule has 1 saturated heterocycles. The van der Waals surface area contributed by atoms with Crippen LogP contribution in [-0.4, -0.2) is 46.3 Å². The van der Waals surface area contributed by atoms with Gasteiger partial charge in [0, 0.05) is 25.9 Å². The summed E-state index contributed by atoms with van der Waals surface area (Å²) in [5, 5.41) is 7.03. The average molecular weight is 342 g/mol. The zero-order chi connectivity index (χ0) is 18.0. The third-order valence-electron chi connectivity index (χ3n) is 4.38. The highest BCUT2D eigenvalue weighted by Gasteiger charge is 2.40. The van der Waals surface area contributed by atoms with E-state index in [2.05, 4.69) is 10.4 Å². The third-order valence-corrected chi connectivity index (χ3v) is 4.38. The number of nitrogens with one attached hydrogen (secondary N) is 1. The number of ether oxygens (including phenoxy) is 1. The second-order valence-electron chi connectivity index (χ2n) is 6.14. The molecular weight excluding hydrogens is 320 g/mol. The van der Waals surface area contributed by atoms with E-state index in [1.54, 1.807) is 28.9 Å². The van der Waals surface area contributed by atoms with Gasteiger partial charge in [-0.05, 0) is 19.4 Å². The minimum absolute atomic E-state index is 0.111. The molecule has 1 aliphatic rings. The van der Waals surface area contributed by atoms with Crippen LogP contribution in [0.4, 0.5) is 5.82 Å². The number of morpholine rings is 1. The van der Waals surface area contributed by atoms with Crippen LogP contribution >= 0.6 is 0 Å². The number of hydrogen-bond acceptors (Lipinski definition) is 4. The molecule has 7 heteroatoms. The van der Waals surface area contributed by atoms with E-state index in [1.807, 2.05) is 38.1 Å². The Balaban J connectivity index is 1.84. The van der Waals surface area contributed by atoms with Crippen LogP contribution in [-0.2, 0) is 20.9 Å². The summed E-state index contributed by atoms with van der Waals surface area (Å²) in [6.07, 6.45) is 1.00. The van der Waals surface area contributed by atoms with E-state index in [4.69, 9.17) is 4.74 Å². The average Bonchev–Trinajstić information content (AvgIpc) is 3.05. The largest absolute Gasteiger partial charge is 0.356 e. The first-order valence-electron chi connectivity index (χ1n) is 8.27. The smallest absolute Gasteiger partial charge is 0.257 e. The summed E-state index contributed by atoms with van der Waals surface area (Å²) in [5.41, 5.74) is 1.97. The summed E-state index contributed by atoms with van der Waals surface area (Å²) >= 11 is 0. The van der Waals surface area contributed by atoms with Crippen molar-refractivity contribution in [1.29, 1.82) is 0 Å². The zero-order valence-corrected chi connectivity index (χ0v) is 14.6. The van der Waals surface area contributed by atoms with Crippen LogP contribution in [0, 0.1) is 6.92 Å². The van der Waals surface area contributed by atoms with E-state index in [-0.39, 0.29) is 18.4 Å². The number of carbonyl (C=O) groups is 2. The summed E-state index contributed by atoms with van der Waals surface area (Å²) in [4.78, 5) is 26.4. The molecule has 0 radical (unpaired) electrons. The molecule has 2 heterocycles. The SMILES string of the molecule is CCn1ccc(NC(=O)[C@H]2OCC(=O)N(C)[C@@H]2c2ccc(C)cc2)n1. The van der Waals surface area contributed by atoms with E-state index < -0.39 is 12.1 Å². The quantitative estimate of drug-likeness (QED) is 0.918. The maximum absolute atomic E-state index is 12.7. The van der Waals surface area contributed by atoms with Crippen molar-refractivity contribution in [2.75, 3.05) is 19.0 Å². The molecule has 0 aliphatic carbocycles. The molecule has 2 atom stereocenters. The molecule has 25 heavy (non-hydrogen) atoms. The fourth-order valence-electron chi connectivity index (χ4n) is 2.90. The Hall–Kier alpha value is -2.67. The van der Waals surface area contributed by atoms with Gasteiger partial charge in [-0.25, -0.2) is 0 Å². The molecule has 1 N–H and O–H groups in total. The van der Waals surface area contributed by atoms with Crippen LogP contribution in [0.3, 0.4) is 0 Å². The molecule has 1 fully saturated rings. The highest BCUT2D eigenvalue weighted by molar-refractivity contribution is 5.95. The normalized spacial score (nSPS) is 20.6. The number of anilines is 1. The number of likely N-dealkylation sites (N-methyl/N-ethyl adjacent to an activating group) is 1. The second kappa shape index (κ2) is 7.06. The molecule has 0 bridgehead atoms. The van der Waals surface area contributed by atoms with Gasteiger partial charge in [-0.3, -0.25) is 14.3 Å². The molecule has 1 aliphatic heterocycles. The van der Waals surface area contributed by atoms with Crippen LogP contribution in [0.1, 0.15) is 24.1 Å². The van der Waals surface area contributed by atoms with Crippen molar-refractivity contribution in [3.05, 3.63) is 47.7 Å². The van der Waals surface area contributed by atoms with Gasteiger partial charge in [0.25, 0.3) is 5.91 Å². The first kappa shape index (κ1) is 17.2. The topological polar surface area (TPSA) is 76.5 Å². The molecule has 1 aromatic carbocycles. The highest BCUT2D eigenvalue weighted by Crippen LogP contribution is 2.30.